The molecule has 11 heteroatoms. The third-order valence-electron chi connectivity index (χ3n) is 6.35. The van der Waals surface area contributed by atoms with Gasteiger partial charge in [0.15, 0.2) is 4.80 Å². The molecule has 1 aliphatic heterocycles. The zero-order chi connectivity index (χ0) is 29.3. The van der Waals surface area contributed by atoms with Gasteiger partial charge in [-0.25, -0.2) is 14.2 Å². The van der Waals surface area contributed by atoms with E-state index in [9.17, 15) is 14.0 Å². The van der Waals surface area contributed by atoms with E-state index in [0.717, 1.165) is 11.1 Å². The van der Waals surface area contributed by atoms with E-state index >= 15 is 0 Å². The Labute approximate surface area is 257 Å². The average molecular weight is 676 g/mol. The van der Waals surface area contributed by atoms with E-state index in [1.807, 2.05) is 12.1 Å². The lowest BCUT2D eigenvalue weighted by atomic mass is 9.96. The van der Waals surface area contributed by atoms with Crippen molar-refractivity contribution < 1.29 is 18.7 Å². The number of thiazole rings is 1. The molecule has 0 aliphatic carbocycles. The van der Waals surface area contributed by atoms with Crippen LogP contribution in [0.5, 0.6) is 5.75 Å². The van der Waals surface area contributed by atoms with Gasteiger partial charge in [0.1, 0.15) is 18.2 Å². The number of hydrogen-bond acceptors (Lipinski definition) is 6. The smallest absolute Gasteiger partial charge is 0.338 e. The Hall–Kier alpha value is -3.24. The van der Waals surface area contributed by atoms with Crippen molar-refractivity contribution in [3.63, 3.8) is 0 Å². The fourth-order valence-corrected chi connectivity index (χ4v) is 6.44. The van der Waals surface area contributed by atoms with Gasteiger partial charge in [0.25, 0.3) is 5.56 Å². The molecular weight excluding hydrogens is 654 g/mol. The van der Waals surface area contributed by atoms with Crippen LogP contribution in [0.1, 0.15) is 36.6 Å². The monoisotopic (exact) mass is 674 g/mol. The van der Waals surface area contributed by atoms with Gasteiger partial charge in [-0.05, 0) is 83.4 Å². The van der Waals surface area contributed by atoms with E-state index in [2.05, 4.69) is 20.9 Å². The number of ether oxygens (including phenoxy) is 2. The topological polar surface area (TPSA) is 69.9 Å². The molecule has 2 heterocycles. The summed E-state index contributed by atoms with van der Waals surface area (Å²) in [5.74, 6) is -0.397. The molecular formula is C30H22BrCl2FN2O4S. The van der Waals surface area contributed by atoms with Crippen molar-refractivity contribution in [3.8, 4) is 5.75 Å². The van der Waals surface area contributed by atoms with Crippen LogP contribution < -0.4 is 19.6 Å². The number of esters is 1. The predicted octanol–water partition coefficient (Wildman–Crippen LogP) is 6.59. The van der Waals surface area contributed by atoms with E-state index in [1.54, 1.807) is 56.3 Å². The summed E-state index contributed by atoms with van der Waals surface area (Å²) in [5.41, 5.74) is 2.46. The second kappa shape index (κ2) is 12.3. The number of carbonyl (C=O) groups is 1. The summed E-state index contributed by atoms with van der Waals surface area (Å²) >= 11 is 17.0. The minimum absolute atomic E-state index is 0.164. The third kappa shape index (κ3) is 6.18. The van der Waals surface area contributed by atoms with Crippen LogP contribution in [-0.2, 0) is 16.1 Å². The molecule has 6 nitrogen and oxygen atoms in total. The molecule has 0 spiro atoms. The number of rotatable bonds is 7. The fourth-order valence-electron chi connectivity index (χ4n) is 4.42. The van der Waals surface area contributed by atoms with Crippen LogP contribution in [0, 0.1) is 5.82 Å². The van der Waals surface area contributed by atoms with Crippen LogP contribution >= 0.6 is 50.5 Å². The van der Waals surface area contributed by atoms with Gasteiger partial charge in [0.05, 0.1) is 32.9 Å². The van der Waals surface area contributed by atoms with Gasteiger partial charge in [0, 0.05) is 15.6 Å². The maximum Gasteiger partial charge on any atom is 0.338 e. The summed E-state index contributed by atoms with van der Waals surface area (Å²) in [7, 11) is 0. The van der Waals surface area contributed by atoms with Gasteiger partial charge in [0.2, 0.25) is 0 Å². The predicted molar refractivity (Wildman–Crippen MR) is 162 cm³/mol. The standard InChI is InChI=1S/C30H22BrCl2FN2O4S/c1-3-39-29(38)26-16(2)35-30-36(27(26)18-6-9-21(34)10-7-18)28(37)25(41-30)13-17-4-11-24(22(31)12-17)40-15-19-5-8-20(32)14-23(19)33/h4-14,27H,3,15H2,1-2H3/b25-13-/t27-/m0/s1. The number of nitrogens with zero attached hydrogens (tertiary/aromatic N) is 2. The summed E-state index contributed by atoms with van der Waals surface area (Å²) in [6, 6.07) is 15.6. The summed E-state index contributed by atoms with van der Waals surface area (Å²) in [4.78, 5) is 31.7. The van der Waals surface area contributed by atoms with Crippen LogP contribution in [-0.4, -0.2) is 17.1 Å². The first-order chi connectivity index (χ1) is 19.7. The first-order valence-electron chi connectivity index (χ1n) is 12.5. The number of fused-ring (bicyclic) bond motifs is 1. The Bertz CT molecular complexity index is 1870. The largest absolute Gasteiger partial charge is 0.488 e. The van der Waals surface area contributed by atoms with Crippen molar-refractivity contribution in [2.24, 2.45) is 4.99 Å². The van der Waals surface area contributed by atoms with E-state index < -0.39 is 17.8 Å². The lowest BCUT2D eigenvalue weighted by Crippen LogP contribution is -2.39. The minimum atomic E-state index is -0.810. The van der Waals surface area contributed by atoms with Crippen LogP contribution in [0.4, 0.5) is 4.39 Å². The highest BCUT2D eigenvalue weighted by atomic mass is 79.9. The molecule has 0 bridgehead atoms. The molecule has 1 aromatic heterocycles. The van der Waals surface area contributed by atoms with E-state index in [1.165, 1.54) is 28.0 Å². The Morgan fingerprint density at radius 1 is 1.15 bits per heavy atom. The van der Waals surface area contributed by atoms with Gasteiger partial charge in [-0.15, -0.1) is 0 Å². The van der Waals surface area contributed by atoms with Crippen molar-refractivity contribution in [2.45, 2.75) is 26.5 Å². The Kier molecular flexibility index (Phi) is 8.79. The fraction of sp³-hybridized carbons (Fsp3) is 0.167. The van der Waals surface area contributed by atoms with Crippen molar-refractivity contribution in [2.75, 3.05) is 6.61 Å². The van der Waals surface area contributed by atoms with Gasteiger partial charge >= 0.3 is 5.97 Å². The highest BCUT2D eigenvalue weighted by Gasteiger charge is 2.33. The van der Waals surface area contributed by atoms with E-state index in [-0.39, 0.29) is 24.3 Å². The molecule has 5 rings (SSSR count). The summed E-state index contributed by atoms with van der Waals surface area (Å²) in [6.45, 7) is 3.82. The molecule has 4 aromatic rings. The molecule has 1 atom stereocenters. The van der Waals surface area contributed by atoms with Gasteiger partial charge in [-0.3, -0.25) is 9.36 Å². The molecule has 0 N–H and O–H groups in total. The lowest BCUT2D eigenvalue weighted by Gasteiger charge is -2.24. The molecule has 0 amide bonds. The van der Waals surface area contributed by atoms with Crippen LogP contribution in [0.25, 0.3) is 6.08 Å². The van der Waals surface area contributed by atoms with Crippen molar-refractivity contribution in [3.05, 3.63) is 129 Å². The normalized spacial score (nSPS) is 15.0. The molecule has 0 saturated heterocycles. The number of hydrogen-bond donors (Lipinski definition) is 0. The molecule has 0 unspecified atom stereocenters. The SMILES string of the molecule is CCOC(=O)C1=C(C)N=c2s/c(=C\c3ccc(OCc4ccc(Cl)cc4Cl)c(Br)c3)c(=O)n2[C@H]1c1ccc(F)cc1. The number of carbonyl (C=O) groups excluding carboxylic acids is 1. The molecule has 3 aromatic carbocycles. The number of halogens is 4. The molecule has 0 saturated carbocycles. The number of allylic oxidation sites excluding steroid dienone is 1. The quantitative estimate of drug-likeness (QED) is 0.208. The van der Waals surface area contributed by atoms with Crippen molar-refractivity contribution >= 4 is 62.5 Å². The molecule has 41 heavy (non-hydrogen) atoms. The maximum absolute atomic E-state index is 13.7. The zero-order valence-electron chi connectivity index (χ0n) is 21.8. The first kappa shape index (κ1) is 29.3. The lowest BCUT2D eigenvalue weighted by molar-refractivity contribution is -0.139. The van der Waals surface area contributed by atoms with Crippen LogP contribution in [0.15, 0.2) is 86.2 Å². The summed E-state index contributed by atoms with van der Waals surface area (Å²) < 4.78 is 27.5. The minimum Gasteiger partial charge on any atom is -0.488 e. The third-order valence-corrected chi connectivity index (χ3v) is 8.54. The number of aromatic nitrogens is 1. The van der Waals surface area contributed by atoms with Gasteiger partial charge in [-0.2, -0.15) is 0 Å². The second-order valence-corrected chi connectivity index (χ2v) is 11.8. The van der Waals surface area contributed by atoms with E-state index in [0.29, 0.717) is 40.9 Å². The Balaban J connectivity index is 1.51. The van der Waals surface area contributed by atoms with Crippen molar-refractivity contribution in [1.82, 2.24) is 4.57 Å². The van der Waals surface area contributed by atoms with Gasteiger partial charge < -0.3 is 9.47 Å². The van der Waals surface area contributed by atoms with Gasteiger partial charge in [-0.1, -0.05) is 58.8 Å². The van der Waals surface area contributed by atoms with Crippen LogP contribution in [0.3, 0.4) is 0 Å². The molecule has 0 radical (unpaired) electrons. The average Bonchev–Trinajstić information content (AvgIpc) is 3.23. The zero-order valence-corrected chi connectivity index (χ0v) is 25.7. The molecule has 210 valence electrons. The maximum atomic E-state index is 13.7. The van der Waals surface area contributed by atoms with Crippen LogP contribution in [0.2, 0.25) is 10.0 Å². The highest BCUT2D eigenvalue weighted by molar-refractivity contribution is 9.10. The summed E-state index contributed by atoms with van der Waals surface area (Å²) in [5, 5.41) is 1.06. The van der Waals surface area contributed by atoms with Crippen molar-refractivity contribution in [1.29, 1.82) is 0 Å². The second-order valence-electron chi connectivity index (χ2n) is 9.07. The summed E-state index contributed by atoms with van der Waals surface area (Å²) in [6.07, 6.45) is 1.75. The molecule has 1 aliphatic rings. The number of benzene rings is 3. The Morgan fingerprint density at radius 2 is 1.90 bits per heavy atom. The first-order valence-corrected chi connectivity index (χ1v) is 14.8. The highest BCUT2D eigenvalue weighted by Crippen LogP contribution is 2.31. The van der Waals surface area contributed by atoms with E-state index in [4.69, 9.17) is 32.7 Å². The molecule has 0 fully saturated rings. The Morgan fingerprint density at radius 3 is 2.59 bits per heavy atom.